The number of benzene rings is 2. The molecule has 0 radical (unpaired) electrons. The second-order valence-electron chi connectivity index (χ2n) is 6.08. The van der Waals surface area contributed by atoms with Crippen molar-refractivity contribution in [2.75, 3.05) is 12.4 Å². The number of rotatable bonds is 6. The summed E-state index contributed by atoms with van der Waals surface area (Å²) in [7, 11) is 1.56. The Kier molecular flexibility index (Phi) is 5.58. The van der Waals surface area contributed by atoms with Crippen LogP contribution >= 0.6 is 0 Å². The normalized spacial score (nSPS) is 10.8. The average molecular weight is 387 g/mol. The summed E-state index contributed by atoms with van der Waals surface area (Å²) in [6.07, 6.45) is 1.65. The van der Waals surface area contributed by atoms with Crippen LogP contribution in [0.1, 0.15) is 21.6 Å². The molecule has 0 spiro atoms. The molecule has 0 fully saturated rings. The molecule has 2 aromatic carbocycles. The monoisotopic (exact) mass is 387 g/mol. The van der Waals surface area contributed by atoms with Gasteiger partial charge in [0, 0.05) is 17.4 Å². The van der Waals surface area contributed by atoms with Crippen LogP contribution < -0.4 is 14.8 Å². The van der Waals surface area contributed by atoms with Gasteiger partial charge >= 0.3 is 6.61 Å². The number of halogens is 2. The molecule has 0 unspecified atom stereocenters. The van der Waals surface area contributed by atoms with Crippen molar-refractivity contribution in [2.24, 2.45) is 0 Å². The molecule has 3 aromatic rings. The molecule has 6 nitrogen and oxygen atoms in total. The average Bonchev–Trinajstić information content (AvgIpc) is 3.15. The molecule has 0 atom stereocenters. The lowest BCUT2D eigenvalue weighted by atomic mass is 10.1. The van der Waals surface area contributed by atoms with E-state index in [1.807, 2.05) is 25.1 Å². The fourth-order valence-corrected chi connectivity index (χ4v) is 2.72. The van der Waals surface area contributed by atoms with Gasteiger partial charge in [0.25, 0.3) is 5.91 Å². The smallest absolute Gasteiger partial charge is 0.387 e. The zero-order valence-electron chi connectivity index (χ0n) is 15.6. The van der Waals surface area contributed by atoms with E-state index in [9.17, 15) is 13.6 Å². The number of hydrogen-bond acceptors (Lipinski definition) is 4. The van der Waals surface area contributed by atoms with Crippen LogP contribution in [0.5, 0.6) is 11.5 Å². The predicted octanol–water partition coefficient (Wildman–Crippen LogP) is 4.35. The number of amides is 1. The first-order valence-corrected chi connectivity index (χ1v) is 8.45. The lowest BCUT2D eigenvalue weighted by Crippen LogP contribution is -2.14. The van der Waals surface area contributed by atoms with Crippen molar-refractivity contribution >= 4 is 11.6 Å². The third kappa shape index (κ3) is 4.11. The van der Waals surface area contributed by atoms with Gasteiger partial charge in [0.1, 0.15) is 17.2 Å². The maximum atomic E-state index is 12.6. The molecule has 1 amide bonds. The molecule has 28 heavy (non-hydrogen) atoms. The number of nitrogens with zero attached hydrogens (tertiary/aromatic N) is 2. The van der Waals surface area contributed by atoms with Crippen LogP contribution in [-0.2, 0) is 0 Å². The van der Waals surface area contributed by atoms with E-state index >= 15 is 0 Å². The Hall–Kier alpha value is -3.42. The van der Waals surface area contributed by atoms with Crippen LogP contribution in [0.15, 0.2) is 48.7 Å². The first-order chi connectivity index (χ1) is 13.4. The second-order valence-corrected chi connectivity index (χ2v) is 6.08. The van der Waals surface area contributed by atoms with Crippen LogP contribution in [0.3, 0.4) is 0 Å². The molecule has 0 aliphatic rings. The summed E-state index contributed by atoms with van der Waals surface area (Å²) in [5, 5.41) is 6.97. The summed E-state index contributed by atoms with van der Waals surface area (Å²) >= 11 is 0. The van der Waals surface area contributed by atoms with Gasteiger partial charge in [-0.2, -0.15) is 13.9 Å². The highest BCUT2D eigenvalue weighted by molar-refractivity contribution is 6.03. The van der Waals surface area contributed by atoms with Gasteiger partial charge in [0.15, 0.2) is 5.69 Å². The number of methoxy groups -OCH3 is 1. The summed E-state index contributed by atoms with van der Waals surface area (Å²) in [5.41, 5.74) is 2.65. The molecular weight excluding hydrogens is 368 g/mol. The van der Waals surface area contributed by atoms with E-state index in [2.05, 4.69) is 15.2 Å². The Labute approximate surface area is 160 Å². The van der Waals surface area contributed by atoms with Crippen molar-refractivity contribution < 1.29 is 23.0 Å². The number of anilines is 1. The zero-order chi connectivity index (χ0) is 20.3. The largest absolute Gasteiger partial charge is 0.494 e. The van der Waals surface area contributed by atoms with Gasteiger partial charge in [-0.1, -0.05) is 12.1 Å². The van der Waals surface area contributed by atoms with E-state index in [-0.39, 0.29) is 11.4 Å². The number of ether oxygens (including phenoxy) is 2. The first kappa shape index (κ1) is 19.3. The molecule has 8 heteroatoms. The minimum atomic E-state index is -2.94. The van der Waals surface area contributed by atoms with Gasteiger partial charge < -0.3 is 14.8 Å². The number of aromatic nitrogens is 2. The van der Waals surface area contributed by atoms with E-state index in [1.54, 1.807) is 37.0 Å². The predicted molar refractivity (Wildman–Crippen MR) is 101 cm³/mol. The quantitative estimate of drug-likeness (QED) is 0.683. The molecule has 0 saturated heterocycles. The Morgan fingerprint density at radius 3 is 2.64 bits per heavy atom. The SMILES string of the molecule is COc1ccc(C)cc1-n1ccc(C(=O)Nc2cccc(OC(F)F)c2C)n1. The maximum absolute atomic E-state index is 12.6. The van der Waals surface area contributed by atoms with Crippen molar-refractivity contribution in [1.82, 2.24) is 9.78 Å². The van der Waals surface area contributed by atoms with Crippen LogP contribution in [0, 0.1) is 13.8 Å². The lowest BCUT2D eigenvalue weighted by Gasteiger charge is -2.12. The summed E-state index contributed by atoms with van der Waals surface area (Å²) in [4.78, 5) is 12.6. The van der Waals surface area contributed by atoms with Gasteiger partial charge in [-0.3, -0.25) is 4.79 Å². The van der Waals surface area contributed by atoms with E-state index in [0.717, 1.165) is 5.56 Å². The van der Waals surface area contributed by atoms with Crippen LogP contribution in [-0.4, -0.2) is 29.4 Å². The molecule has 0 saturated carbocycles. The standard InChI is InChI=1S/C20H19F2N3O3/c1-12-7-8-18(27-3)16(11-12)25-10-9-15(24-25)19(26)23-14-5-4-6-17(13(14)2)28-20(21)22/h4-11,20H,1-3H3,(H,23,26). The molecule has 0 aliphatic heterocycles. The van der Waals surface area contributed by atoms with Crippen LogP contribution in [0.4, 0.5) is 14.5 Å². The lowest BCUT2D eigenvalue weighted by molar-refractivity contribution is -0.0502. The molecule has 3 rings (SSSR count). The van der Waals surface area contributed by atoms with E-state index in [4.69, 9.17) is 4.74 Å². The Balaban J connectivity index is 1.83. The van der Waals surface area contributed by atoms with Crippen molar-refractivity contribution in [3.8, 4) is 17.2 Å². The van der Waals surface area contributed by atoms with E-state index < -0.39 is 12.5 Å². The molecule has 1 aromatic heterocycles. The highest BCUT2D eigenvalue weighted by Crippen LogP contribution is 2.27. The number of alkyl halides is 2. The topological polar surface area (TPSA) is 65.4 Å². The highest BCUT2D eigenvalue weighted by Gasteiger charge is 2.16. The van der Waals surface area contributed by atoms with Gasteiger partial charge in [0.2, 0.25) is 0 Å². The number of carbonyl (C=O) groups is 1. The zero-order valence-corrected chi connectivity index (χ0v) is 15.6. The Morgan fingerprint density at radius 1 is 1.14 bits per heavy atom. The molecule has 1 heterocycles. The third-order valence-corrected chi connectivity index (χ3v) is 4.15. The number of nitrogens with one attached hydrogen (secondary N) is 1. The number of carbonyl (C=O) groups excluding carboxylic acids is 1. The summed E-state index contributed by atoms with van der Waals surface area (Å²) in [6.45, 7) is 0.588. The van der Waals surface area contributed by atoms with E-state index in [0.29, 0.717) is 22.7 Å². The summed E-state index contributed by atoms with van der Waals surface area (Å²) < 4.78 is 36.3. The summed E-state index contributed by atoms with van der Waals surface area (Å²) in [5.74, 6) is 0.152. The fourth-order valence-electron chi connectivity index (χ4n) is 2.72. The Bertz CT molecular complexity index is 1000. The fraction of sp³-hybridized carbons (Fsp3) is 0.200. The van der Waals surface area contributed by atoms with Gasteiger partial charge in [-0.25, -0.2) is 4.68 Å². The maximum Gasteiger partial charge on any atom is 0.387 e. The molecule has 0 bridgehead atoms. The Morgan fingerprint density at radius 2 is 1.93 bits per heavy atom. The van der Waals surface area contributed by atoms with Gasteiger partial charge in [-0.05, 0) is 49.7 Å². The highest BCUT2D eigenvalue weighted by atomic mass is 19.3. The number of hydrogen-bond donors (Lipinski definition) is 1. The molecular formula is C20H19F2N3O3. The van der Waals surface area contributed by atoms with Crippen molar-refractivity contribution in [2.45, 2.75) is 20.5 Å². The third-order valence-electron chi connectivity index (χ3n) is 4.15. The minimum Gasteiger partial charge on any atom is -0.494 e. The molecule has 0 aliphatic carbocycles. The molecule has 146 valence electrons. The summed E-state index contributed by atoms with van der Waals surface area (Å²) in [6, 6.07) is 11.7. The van der Waals surface area contributed by atoms with Crippen LogP contribution in [0.25, 0.3) is 5.69 Å². The van der Waals surface area contributed by atoms with Gasteiger partial charge in [0.05, 0.1) is 7.11 Å². The minimum absolute atomic E-state index is 0.00262. The van der Waals surface area contributed by atoms with Gasteiger partial charge in [-0.15, -0.1) is 0 Å². The van der Waals surface area contributed by atoms with E-state index in [1.165, 1.54) is 12.1 Å². The first-order valence-electron chi connectivity index (χ1n) is 8.45. The van der Waals surface area contributed by atoms with Crippen LogP contribution in [0.2, 0.25) is 0 Å². The number of aryl methyl sites for hydroxylation is 1. The van der Waals surface area contributed by atoms with Crippen molar-refractivity contribution in [1.29, 1.82) is 0 Å². The van der Waals surface area contributed by atoms with Crippen molar-refractivity contribution in [3.63, 3.8) is 0 Å². The van der Waals surface area contributed by atoms with Crippen molar-refractivity contribution in [3.05, 3.63) is 65.5 Å². The molecule has 1 N–H and O–H groups in total. The second kappa shape index (κ2) is 8.08.